The lowest BCUT2D eigenvalue weighted by atomic mass is 10.2. The number of rotatable bonds is 5. The second kappa shape index (κ2) is 5.70. The summed E-state index contributed by atoms with van der Waals surface area (Å²) >= 11 is 3.27. The van der Waals surface area contributed by atoms with Gasteiger partial charge in [-0.2, -0.15) is 0 Å². The molecule has 1 N–H and O–H groups in total. The topological polar surface area (TPSA) is 59.3 Å². The van der Waals surface area contributed by atoms with Gasteiger partial charge in [0, 0.05) is 19.0 Å². The van der Waals surface area contributed by atoms with E-state index in [4.69, 9.17) is 5.11 Å². The zero-order chi connectivity index (χ0) is 11.3. The van der Waals surface area contributed by atoms with Crippen LogP contribution in [0.4, 0.5) is 0 Å². The Morgan fingerprint density at radius 1 is 1.40 bits per heavy atom. The van der Waals surface area contributed by atoms with Gasteiger partial charge in [-0.3, -0.25) is 9.59 Å². The smallest absolute Gasteiger partial charge is 0.303 e. The molecule has 1 aromatic heterocycles. The molecule has 0 atom stereocenters. The Morgan fingerprint density at radius 3 is 2.73 bits per heavy atom. The van der Waals surface area contributed by atoms with Crippen molar-refractivity contribution in [3.8, 4) is 0 Å². The molecular weight excluding hydrogens is 262 g/mol. The van der Waals surface area contributed by atoms with E-state index in [1.165, 1.54) is 6.07 Å². The maximum Gasteiger partial charge on any atom is 0.303 e. The van der Waals surface area contributed by atoms with Crippen LogP contribution in [0.1, 0.15) is 19.3 Å². The van der Waals surface area contributed by atoms with Crippen LogP contribution in [0.5, 0.6) is 0 Å². The minimum Gasteiger partial charge on any atom is -0.481 e. The molecule has 0 spiro atoms. The molecule has 1 heterocycles. The maximum absolute atomic E-state index is 11.4. The number of hydrogen-bond acceptors (Lipinski definition) is 2. The van der Waals surface area contributed by atoms with Gasteiger partial charge >= 0.3 is 5.97 Å². The van der Waals surface area contributed by atoms with Crippen molar-refractivity contribution in [3.05, 3.63) is 33.2 Å². The van der Waals surface area contributed by atoms with Gasteiger partial charge in [0.15, 0.2) is 0 Å². The van der Waals surface area contributed by atoms with Crippen LogP contribution in [-0.2, 0) is 11.3 Å². The number of aliphatic carboxylic acids is 1. The predicted octanol–water partition coefficient (Wildman–Crippen LogP) is 1.87. The number of halogens is 1. The van der Waals surface area contributed by atoms with E-state index in [0.29, 0.717) is 19.4 Å². The van der Waals surface area contributed by atoms with E-state index in [9.17, 15) is 9.59 Å². The summed E-state index contributed by atoms with van der Waals surface area (Å²) in [5, 5.41) is 8.44. The minimum absolute atomic E-state index is 0.0697. The van der Waals surface area contributed by atoms with Crippen molar-refractivity contribution in [3.63, 3.8) is 0 Å². The highest BCUT2D eigenvalue weighted by atomic mass is 79.9. The third-order valence-electron chi connectivity index (χ3n) is 2.02. The molecule has 0 bridgehead atoms. The van der Waals surface area contributed by atoms with Crippen molar-refractivity contribution in [1.29, 1.82) is 0 Å². The van der Waals surface area contributed by atoms with Gasteiger partial charge in [-0.1, -0.05) is 6.07 Å². The first-order valence-electron chi connectivity index (χ1n) is 4.68. The summed E-state index contributed by atoms with van der Waals surface area (Å²) < 4.78 is 2.31. The van der Waals surface area contributed by atoms with Gasteiger partial charge in [0.2, 0.25) is 0 Å². The Bertz CT molecular complexity index is 400. The Hall–Kier alpha value is -1.10. The maximum atomic E-state index is 11.4. The van der Waals surface area contributed by atoms with Gasteiger partial charge in [-0.15, -0.1) is 0 Å². The molecule has 0 aliphatic carbocycles. The highest BCUT2D eigenvalue weighted by Gasteiger charge is 2.01. The number of carboxylic acids is 1. The average molecular weight is 274 g/mol. The van der Waals surface area contributed by atoms with Gasteiger partial charge in [-0.25, -0.2) is 0 Å². The molecule has 0 aliphatic heterocycles. The zero-order valence-electron chi connectivity index (χ0n) is 8.15. The Balaban J connectivity index is 2.51. The lowest BCUT2D eigenvalue weighted by molar-refractivity contribution is -0.137. The van der Waals surface area contributed by atoms with Crippen molar-refractivity contribution >= 4 is 21.9 Å². The monoisotopic (exact) mass is 273 g/mol. The lowest BCUT2D eigenvalue weighted by Crippen LogP contribution is -2.19. The number of aromatic nitrogens is 1. The molecular formula is C10H12BrNO3. The van der Waals surface area contributed by atoms with E-state index in [2.05, 4.69) is 15.9 Å². The number of carboxylic acid groups (broad SMARTS) is 1. The SMILES string of the molecule is O=C(O)CCCCn1c(Br)cccc1=O. The third kappa shape index (κ3) is 3.87. The summed E-state index contributed by atoms with van der Waals surface area (Å²) in [6, 6.07) is 4.96. The molecule has 0 saturated carbocycles. The van der Waals surface area contributed by atoms with Crippen LogP contribution < -0.4 is 5.56 Å². The van der Waals surface area contributed by atoms with Gasteiger partial charge in [0.05, 0.1) is 4.60 Å². The quantitative estimate of drug-likeness (QED) is 0.658. The molecule has 1 rings (SSSR count). The summed E-state index contributed by atoms with van der Waals surface area (Å²) in [4.78, 5) is 21.7. The largest absolute Gasteiger partial charge is 0.481 e. The van der Waals surface area contributed by atoms with Gasteiger partial charge < -0.3 is 9.67 Å². The fourth-order valence-corrected chi connectivity index (χ4v) is 1.76. The van der Waals surface area contributed by atoms with E-state index in [1.54, 1.807) is 16.7 Å². The number of unbranched alkanes of at least 4 members (excludes halogenated alkanes) is 1. The first kappa shape index (κ1) is 12.0. The number of carbonyl (C=O) groups is 1. The number of pyridine rings is 1. The van der Waals surface area contributed by atoms with Crippen LogP contribution in [0.2, 0.25) is 0 Å². The molecule has 0 fully saturated rings. The van der Waals surface area contributed by atoms with E-state index in [-0.39, 0.29) is 12.0 Å². The summed E-state index contributed by atoms with van der Waals surface area (Å²) in [7, 11) is 0. The lowest BCUT2D eigenvalue weighted by Gasteiger charge is -2.06. The van der Waals surface area contributed by atoms with Crippen molar-refractivity contribution < 1.29 is 9.90 Å². The Morgan fingerprint density at radius 2 is 2.13 bits per heavy atom. The standard InChI is InChI=1S/C10H12BrNO3/c11-8-4-3-5-9(13)12(8)7-2-1-6-10(14)15/h3-5H,1-2,6-7H2,(H,14,15). The first-order valence-corrected chi connectivity index (χ1v) is 5.47. The van der Waals surface area contributed by atoms with Crippen LogP contribution in [-0.4, -0.2) is 15.6 Å². The highest BCUT2D eigenvalue weighted by molar-refractivity contribution is 9.10. The first-order chi connectivity index (χ1) is 7.11. The average Bonchev–Trinajstić information content (AvgIpc) is 2.15. The van der Waals surface area contributed by atoms with Gasteiger partial charge in [0.25, 0.3) is 5.56 Å². The molecule has 0 amide bonds. The van der Waals surface area contributed by atoms with Crippen LogP contribution in [0, 0.1) is 0 Å². The van der Waals surface area contributed by atoms with E-state index in [1.807, 2.05) is 0 Å². The normalized spacial score (nSPS) is 10.2. The summed E-state index contributed by atoms with van der Waals surface area (Å²) in [5.41, 5.74) is -0.0697. The van der Waals surface area contributed by atoms with Crippen LogP contribution >= 0.6 is 15.9 Å². The second-order valence-corrected chi connectivity index (χ2v) is 4.00. The predicted molar refractivity (Wildman–Crippen MR) is 59.9 cm³/mol. The van der Waals surface area contributed by atoms with Crippen molar-refractivity contribution in [2.75, 3.05) is 0 Å². The summed E-state index contributed by atoms with van der Waals surface area (Å²) in [5.74, 6) is -0.797. The summed E-state index contributed by atoms with van der Waals surface area (Å²) in [6.45, 7) is 0.549. The fraction of sp³-hybridized carbons (Fsp3) is 0.400. The van der Waals surface area contributed by atoms with Gasteiger partial charge in [0.1, 0.15) is 0 Å². The van der Waals surface area contributed by atoms with E-state index in [0.717, 1.165) is 4.60 Å². The molecule has 0 unspecified atom stereocenters. The van der Waals surface area contributed by atoms with Crippen molar-refractivity contribution in [2.45, 2.75) is 25.8 Å². The van der Waals surface area contributed by atoms with E-state index >= 15 is 0 Å². The molecule has 5 heteroatoms. The third-order valence-corrected chi connectivity index (χ3v) is 2.71. The zero-order valence-corrected chi connectivity index (χ0v) is 9.74. The van der Waals surface area contributed by atoms with Crippen LogP contribution in [0.25, 0.3) is 0 Å². The number of nitrogens with zero attached hydrogens (tertiary/aromatic N) is 1. The molecule has 4 nitrogen and oxygen atoms in total. The molecule has 1 aromatic rings. The fourth-order valence-electron chi connectivity index (χ4n) is 1.26. The van der Waals surface area contributed by atoms with E-state index < -0.39 is 5.97 Å². The second-order valence-electron chi connectivity index (χ2n) is 3.19. The molecule has 0 aliphatic rings. The summed E-state index contributed by atoms with van der Waals surface area (Å²) in [6.07, 6.45) is 1.43. The van der Waals surface area contributed by atoms with Crippen LogP contribution in [0.3, 0.4) is 0 Å². The van der Waals surface area contributed by atoms with Gasteiger partial charge in [-0.05, 0) is 34.8 Å². The molecule has 0 radical (unpaired) electrons. The molecule has 82 valence electrons. The Labute approximate surface area is 95.7 Å². The molecule has 15 heavy (non-hydrogen) atoms. The minimum atomic E-state index is -0.797. The highest BCUT2D eigenvalue weighted by Crippen LogP contribution is 2.07. The van der Waals surface area contributed by atoms with Crippen molar-refractivity contribution in [2.24, 2.45) is 0 Å². The van der Waals surface area contributed by atoms with Crippen LogP contribution in [0.15, 0.2) is 27.6 Å². The van der Waals surface area contributed by atoms with Crippen molar-refractivity contribution in [1.82, 2.24) is 4.57 Å². The Kier molecular flexibility index (Phi) is 4.55. The molecule has 0 aromatic carbocycles. The number of hydrogen-bond donors (Lipinski definition) is 1. The molecule has 0 saturated heterocycles.